The summed E-state index contributed by atoms with van der Waals surface area (Å²) in [5, 5.41) is 10.7. The van der Waals surface area contributed by atoms with E-state index in [-0.39, 0.29) is 16.4 Å². The number of nitrogens with two attached hydrogens (primary N) is 1. The van der Waals surface area contributed by atoms with Gasteiger partial charge in [0.2, 0.25) is 0 Å². The number of hydrogen-bond donors (Lipinski definition) is 1. The van der Waals surface area contributed by atoms with Crippen LogP contribution in [0.15, 0.2) is 11.1 Å². The van der Waals surface area contributed by atoms with Gasteiger partial charge in [0.1, 0.15) is 5.03 Å². The Morgan fingerprint density at radius 1 is 1.43 bits per heavy atom. The fraction of sp³-hybridized carbons (Fsp3) is 0.300. The molecule has 7 nitrogen and oxygen atoms in total. The maximum absolute atomic E-state index is 13.0. The second-order valence-corrected chi connectivity index (χ2v) is 4.72. The number of alkyl halides is 3. The number of amides is 1. The van der Waals surface area contributed by atoms with Crippen LogP contribution in [-0.4, -0.2) is 37.4 Å². The first-order chi connectivity index (χ1) is 9.75. The molecule has 2 aromatic heterocycles. The van der Waals surface area contributed by atoms with Crippen molar-refractivity contribution < 1.29 is 18.0 Å². The smallest absolute Gasteiger partial charge is 0.366 e. The summed E-state index contributed by atoms with van der Waals surface area (Å²) < 4.78 is 40.1. The highest BCUT2D eigenvalue weighted by Crippen LogP contribution is 2.36. The number of aromatic nitrogens is 5. The molecule has 1 amide bonds. The number of thioether (sulfide) groups is 1. The molecule has 0 saturated heterocycles. The maximum atomic E-state index is 13.0. The van der Waals surface area contributed by atoms with E-state index in [9.17, 15) is 18.0 Å². The van der Waals surface area contributed by atoms with Crippen molar-refractivity contribution in [1.82, 2.24) is 25.2 Å². The molecule has 0 bridgehead atoms. The van der Waals surface area contributed by atoms with Gasteiger partial charge in [0.15, 0.2) is 11.5 Å². The van der Waals surface area contributed by atoms with E-state index >= 15 is 0 Å². The van der Waals surface area contributed by atoms with Gasteiger partial charge in [-0.1, -0.05) is 0 Å². The summed E-state index contributed by atoms with van der Waals surface area (Å²) in [6, 6.07) is 1.01. The number of nitrogens with zero attached hydrogens (tertiary/aromatic N) is 5. The second-order valence-electron chi connectivity index (χ2n) is 3.93. The Labute approximate surface area is 120 Å². The monoisotopic (exact) mass is 318 g/mol. The van der Waals surface area contributed by atoms with Crippen LogP contribution in [0.4, 0.5) is 13.2 Å². The third kappa shape index (κ3) is 2.82. The van der Waals surface area contributed by atoms with Gasteiger partial charge in [0, 0.05) is 7.05 Å². The number of rotatable bonds is 3. The summed E-state index contributed by atoms with van der Waals surface area (Å²) in [4.78, 5) is 14.8. The van der Waals surface area contributed by atoms with Crippen molar-refractivity contribution in [2.24, 2.45) is 12.8 Å². The van der Waals surface area contributed by atoms with Gasteiger partial charge in [0.05, 0.1) is 11.1 Å². The van der Waals surface area contributed by atoms with Crippen LogP contribution in [0.25, 0.3) is 11.4 Å². The third-order valence-corrected chi connectivity index (χ3v) is 3.27. The fourth-order valence-electron chi connectivity index (χ4n) is 1.67. The second kappa shape index (κ2) is 5.31. The third-order valence-electron chi connectivity index (χ3n) is 2.58. The Balaban J connectivity index is 2.77. The number of primary amides is 1. The van der Waals surface area contributed by atoms with Crippen molar-refractivity contribution in [1.29, 1.82) is 0 Å². The number of tetrazole rings is 1. The lowest BCUT2D eigenvalue weighted by Gasteiger charge is -2.13. The first-order valence-electron chi connectivity index (χ1n) is 5.44. The van der Waals surface area contributed by atoms with Crippen molar-refractivity contribution in [2.75, 3.05) is 6.26 Å². The predicted molar refractivity (Wildman–Crippen MR) is 67.3 cm³/mol. The van der Waals surface area contributed by atoms with Crippen LogP contribution in [-0.2, 0) is 13.2 Å². The molecule has 0 saturated carbocycles. The van der Waals surface area contributed by atoms with E-state index in [1.54, 1.807) is 6.26 Å². The average molecular weight is 318 g/mol. The molecule has 0 fully saturated rings. The molecule has 0 aromatic carbocycles. The molecular weight excluding hydrogens is 309 g/mol. The summed E-state index contributed by atoms with van der Waals surface area (Å²) in [6.07, 6.45) is -3.23. The van der Waals surface area contributed by atoms with Gasteiger partial charge in [-0.05, 0) is 22.7 Å². The molecule has 2 heterocycles. The highest BCUT2D eigenvalue weighted by atomic mass is 32.2. The lowest BCUT2D eigenvalue weighted by atomic mass is 10.1. The minimum Gasteiger partial charge on any atom is -0.366 e. The van der Waals surface area contributed by atoms with Crippen molar-refractivity contribution >= 4 is 17.7 Å². The Morgan fingerprint density at radius 2 is 2.10 bits per heavy atom. The zero-order chi connectivity index (χ0) is 15.8. The Bertz CT molecular complexity index is 699. The molecule has 0 unspecified atom stereocenters. The van der Waals surface area contributed by atoms with Crippen molar-refractivity contribution in [3.8, 4) is 11.4 Å². The van der Waals surface area contributed by atoms with Gasteiger partial charge in [-0.2, -0.15) is 13.2 Å². The molecule has 2 aromatic rings. The largest absolute Gasteiger partial charge is 0.434 e. The van der Waals surface area contributed by atoms with Crippen molar-refractivity contribution in [2.45, 2.75) is 11.2 Å². The molecule has 2 rings (SSSR count). The summed E-state index contributed by atoms with van der Waals surface area (Å²) >= 11 is 0.981. The zero-order valence-corrected chi connectivity index (χ0v) is 11.7. The Kier molecular flexibility index (Phi) is 3.85. The van der Waals surface area contributed by atoms with E-state index < -0.39 is 23.3 Å². The Morgan fingerprint density at radius 3 is 2.52 bits per heavy atom. The summed E-state index contributed by atoms with van der Waals surface area (Å²) in [5.74, 6) is -1.04. The van der Waals surface area contributed by atoms with Crippen molar-refractivity contribution in [3.63, 3.8) is 0 Å². The molecule has 2 N–H and O–H groups in total. The van der Waals surface area contributed by atoms with Crippen LogP contribution >= 0.6 is 11.8 Å². The highest BCUT2D eigenvalue weighted by Gasteiger charge is 2.38. The molecule has 0 radical (unpaired) electrons. The number of pyridine rings is 1. The molecule has 0 aliphatic rings. The number of carbonyl (C=O) groups excluding carboxylic acids is 1. The lowest BCUT2D eigenvalue weighted by Crippen LogP contribution is -2.21. The number of carbonyl (C=O) groups is 1. The predicted octanol–water partition coefficient (Wildman–Crippen LogP) is 1.11. The van der Waals surface area contributed by atoms with E-state index in [1.807, 2.05) is 0 Å². The minimum atomic E-state index is -4.79. The van der Waals surface area contributed by atoms with E-state index in [0.717, 1.165) is 17.8 Å². The molecule has 0 aliphatic heterocycles. The van der Waals surface area contributed by atoms with Gasteiger partial charge in [-0.15, -0.1) is 16.9 Å². The van der Waals surface area contributed by atoms with Gasteiger partial charge in [-0.3, -0.25) is 4.79 Å². The van der Waals surface area contributed by atoms with Crippen LogP contribution in [0.5, 0.6) is 0 Å². The number of hydrogen-bond acceptors (Lipinski definition) is 6. The standard InChI is InChI=1S/C10H9F3N6OS/c1-19-8(16-17-18-19)5-3-4(7(14)20)6(10(11,12)13)15-9(5)21-2/h3H,1-2H3,(H2,14,20). The topological polar surface area (TPSA) is 99.6 Å². The molecule has 0 atom stereocenters. The van der Waals surface area contributed by atoms with Crippen LogP contribution in [0.2, 0.25) is 0 Å². The van der Waals surface area contributed by atoms with Gasteiger partial charge in [-0.25, -0.2) is 9.67 Å². The van der Waals surface area contributed by atoms with Gasteiger partial charge < -0.3 is 5.73 Å². The van der Waals surface area contributed by atoms with Crippen molar-refractivity contribution in [3.05, 3.63) is 17.3 Å². The SMILES string of the molecule is CSc1nc(C(F)(F)F)c(C(N)=O)cc1-c1nnnn1C. The average Bonchev–Trinajstić information content (AvgIpc) is 2.82. The van der Waals surface area contributed by atoms with Gasteiger partial charge >= 0.3 is 6.18 Å². The first-order valence-corrected chi connectivity index (χ1v) is 6.67. The van der Waals surface area contributed by atoms with E-state index in [0.29, 0.717) is 0 Å². The molecular formula is C10H9F3N6OS. The number of aryl methyl sites for hydroxylation is 1. The van der Waals surface area contributed by atoms with E-state index in [1.165, 1.54) is 11.7 Å². The first kappa shape index (κ1) is 15.2. The summed E-state index contributed by atoms with van der Waals surface area (Å²) in [5.41, 5.74) is 3.18. The molecule has 11 heteroatoms. The summed E-state index contributed by atoms with van der Waals surface area (Å²) in [6.45, 7) is 0. The molecule has 0 aliphatic carbocycles. The number of halogens is 3. The minimum absolute atomic E-state index is 0.0465. The van der Waals surface area contributed by atoms with Crippen LogP contribution < -0.4 is 5.73 Å². The lowest BCUT2D eigenvalue weighted by molar-refractivity contribution is -0.141. The molecule has 0 spiro atoms. The van der Waals surface area contributed by atoms with Crippen LogP contribution in [0.3, 0.4) is 0 Å². The van der Waals surface area contributed by atoms with Crippen LogP contribution in [0, 0.1) is 0 Å². The van der Waals surface area contributed by atoms with Gasteiger partial charge in [0.25, 0.3) is 5.91 Å². The normalized spacial score (nSPS) is 11.7. The van der Waals surface area contributed by atoms with Crippen LogP contribution in [0.1, 0.15) is 16.1 Å². The quantitative estimate of drug-likeness (QED) is 0.851. The fourth-order valence-corrected chi connectivity index (χ4v) is 2.23. The van der Waals surface area contributed by atoms with E-state index in [4.69, 9.17) is 5.73 Å². The maximum Gasteiger partial charge on any atom is 0.434 e. The Hall–Kier alpha value is -2.17. The summed E-state index contributed by atoms with van der Waals surface area (Å²) in [7, 11) is 1.51. The zero-order valence-electron chi connectivity index (χ0n) is 10.8. The van der Waals surface area contributed by atoms with E-state index in [2.05, 4.69) is 20.5 Å². The molecule has 21 heavy (non-hydrogen) atoms. The highest BCUT2D eigenvalue weighted by molar-refractivity contribution is 7.98. The molecule has 112 valence electrons.